The van der Waals surface area contributed by atoms with Gasteiger partial charge in [-0.1, -0.05) is 25.4 Å². The molecule has 7 heteroatoms. The van der Waals surface area contributed by atoms with E-state index in [0.29, 0.717) is 29.8 Å². The van der Waals surface area contributed by atoms with Crippen LogP contribution in [0.4, 0.5) is 0 Å². The number of rotatable bonds is 7. The summed E-state index contributed by atoms with van der Waals surface area (Å²) < 4.78 is 8.18. The summed E-state index contributed by atoms with van der Waals surface area (Å²) in [6, 6.07) is 7.11. The number of ether oxygens (including phenoxy) is 1. The Morgan fingerprint density at radius 2 is 1.79 bits per heavy atom. The Labute approximate surface area is 178 Å². The highest BCUT2D eigenvalue weighted by atomic mass is 35.5. The number of carbonyl (C=O) groups excluding carboxylic acids is 1. The molecule has 0 spiro atoms. The summed E-state index contributed by atoms with van der Waals surface area (Å²) in [5, 5.41) is 0.647. The van der Waals surface area contributed by atoms with Crippen molar-refractivity contribution < 1.29 is 9.53 Å². The van der Waals surface area contributed by atoms with E-state index in [-0.39, 0.29) is 5.91 Å². The Morgan fingerprint density at radius 3 is 2.41 bits per heavy atom. The van der Waals surface area contributed by atoms with E-state index in [9.17, 15) is 4.79 Å². The minimum atomic E-state index is -0.918. The van der Waals surface area contributed by atoms with E-state index in [1.165, 1.54) is 0 Å². The van der Waals surface area contributed by atoms with E-state index >= 15 is 0 Å². The lowest BCUT2D eigenvalue weighted by Gasteiger charge is -2.38. The van der Waals surface area contributed by atoms with Crippen LogP contribution in [-0.4, -0.2) is 63.6 Å². The zero-order chi connectivity index (χ0) is 21.0. The van der Waals surface area contributed by atoms with Gasteiger partial charge in [0.1, 0.15) is 11.6 Å². The van der Waals surface area contributed by atoms with Gasteiger partial charge in [-0.25, -0.2) is 4.98 Å². The first-order chi connectivity index (χ1) is 13.8. The Hall–Kier alpha value is -2.05. The third-order valence-electron chi connectivity index (χ3n) is 5.28. The number of piperazine rings is 1. The van der Waals surface area contributed by atoms with E-state index < -0.39 is 5.60 Å². The Balaban J connectivity index is 1.49. The highest BCUT2D eigenvalue weighted by Gasteiger charge is 2.35. The Morgan fingerprint density at radius 1 is 1.14 bits per heavy atom. The molecule has 0 N–H and O–H groups in total. The predicted molar refractivity (Wildman–Crippen MR) is 115 cm³/mol. The van der Waals surface area contributed by atoms with Crippen molar-refractivity contribution in [3.8, 4) is 5.75 Å². The average Bonchev–Trinajstić information content (AvgIpc) is 3.17. The van der Waals surface area contributed by atoms with Gasteiger partial charge in [-0.05, 0) is 38.1 Å². The molecule has 2 aromatic rings. The van der Waals surface area contributed by atoms with Crippen molar-refractivity contribution in [3.05, 3.63) is 47.5 Å². The van der Waals surface area contributed by atoms with Crippen LogP contribution in [-0.2, 0) is 11.3 Å². The predicted octanol–water partition coefficient (Wildman–Crippen LogP) is 3.66. The van der Waals surface area contributed by atoms with Crippen LogP contribution >= 0.6 is 11.6 Å². The van der Waals surface area contributed by atoms with Crippen molar-refractivity contribution in [2.24, 2.45) is 0 Å². The van der Waals surface area contributed by atoms with Crippen LogP contribution in [0.1, 0.15) is 39.4 Å². The molecule has 2 heterocycles. The highest BCUT2D eigenvalue weighted by Crippen LogP contribution is 2.23. The summed E-state index contributed by atoms with van der Waals surface area (Å²) in [5.74, 6) is 2.21. The summed E-state index contributed by atoms with van der Waals surface area (Å²) in [4.78, 5) is 21.8. The first kappa shape index (κ1) is 21.7. The molecule has 0 unspecified atom stereocenters. The van der Waals surface area contributed by atoms with E-state index in [2.05, 4.69) is 28.3 Å². The molecule has 3 rings (SSSR count). The molecule has 1 aliphatic rings. The quantitative estimate of drug-likeness (QED) is 0.688. The molecule has 0 atom stereocenters. The smallest absolute Gasteiger partial charge is 0.266 e. The standard InChI is InChI=1S/C22H31ClN4O2/c1-17(2)20-24-9-10-26(20)14-11-25-12-15-27(16-13-25)21(28)22(3,4)29-19-7-5-18(23)6-8-19/h5-10,17H,11-16H2,1-4H3. The SMILES string of the molecule is CC(C)c1nccn1CCN1CCN(C(=O)C(C)(C)Oc2ccc(Cl)cc2)CC1. The molecule has 0 bridgehead atoms. The van der Waals surface area contributed by atoms with E-state index in [1.807, 2.05) is 31.1 Å². The second kappa shape index (κ2) is 9.18. The zero-order valence-corrected chi connectivity index (χ0v) is 18.5. The largest absolute Gasteiger partial charge is 0.478 e. The lowest BCUT2D eigenvalue weighted by Crippen LogP contribution is -2.56. The fourth-order valence-electron chi connectivity index (χ4n) is 3.66. The molecule has 6 nitrogen and oxygen atoms in total. The van der Waals surface area contributed by atoms with Gasteiger partial charge in [0.2, 0.25) is 0 Å². The van der Waals surface area contributed by atoms with Gasteiger partial charge in [0.15, 0.2) is 5.60 Å². The third-order valence-corrected chi connectivity index (χ3v) is 5.53. The Bertz CT molecular complexity index is 808. The van der Waals surface area contributed by atoms with Crippen LogP contribution in [0.2, 0.25) is 5.02 Å². The molecule has 1 aliphatic heterocycles. The monoisotopic (exact) mass is 418 g/mol. The zero-order valence-electron chi connectivity index (χ0n) is 17.8. The van der Waals surface area contributed by atoms with Crippen molar-refractivity contribution in [2.75, 3.05) is 32.7 Å². The maximum absolute atomic E-state index is 13.0. The van der Waals surface area contributed by atoms with Gasteiger partial charge in [-0.2, -0.15) is 0 Å². The third kappa shape index (κ3) is 5.52. The van der Waals surface area contributed by atoms with Crippen LogP contribution < -0.4 is 4.74 Å². The van der Waals surface area contributed by atoms with Gasteiger partial charge in [0.25, 0.3) is 5.91 Å². The summed E-state index contributed by atoms with van der Waals surface area (Å²) in [7, 11) is 0. The number of aromatic nitrogens is 2. The number of nitrogens with zero attached hydrogens (tertiary/aromatic N) is 4. The van der Waals surface area contributed by atoms with Crippen molar-refractivity contribution >= 4 is 17.5 Å². The molecule has 0 radical (unpaired) electrons. The van der Waals surface area contributed by atoms with Crippen molar-refractivity contribution in [1.82, 2.24) is 19.4 Å². The Kier molecular flexibility index (Phi) is 6.85. The van der Waals surface area contributed by atoms with Crippen LogP contribution in [0.15, 0.2) is 36.7 Å². The van der Waals surface area contributed by atoms with Gasteiger partial charge in [0, 0.05) is 62.6 Å². The minimum absolute atomic E-state index is 0.0174. The van der Waals surface area contributed by atoms with Crippen molar-refractivity contribution in [2.45, 2.75) is 45.8 Å². The fraction of sp³-hybridized carbons (Fsp3) is 0.545. The number of benzene rings is 1. The molecular weight excluding hydrogens is 388 g/mol. The molecule has 1 saturated heterocycles. The lowest BCUT2D eigenvalue weighted by molar-refractivity contribution is -0.147. The summed E-state index contributed by atoms with van der Waals surface area (Å²) >= 11 is 5.92. The number of halogens is 1. The molecule has 1 aromatic heterocycles. The fourth-order valence-corrected chi connectivity index (χ4v) is 3.78. The van der Waals surface area contributed by atoms with E-state index in [1.54, 1.807) is 24.3 Å². The molecule has 29 heavy (non-hydrogen) atoms. The summed E-state index contributed by atoms with van der Waals surface area (Å²) in [6.07, 6.45) is 3.92. The first-order valence-corrected chi connectivity index (χ1v) is 10.6. The van der Waals surface area contributed by atoms with Gasteiger partial charge in [-0.15, -0.1) is 0 Å². The van der Waals surface area contributed by atoms with Gasteiger partial charge in [0.05, 0.1) is 0 Å². The van der Waals surface area contributed by atoms with Gasteiger partial charge < -0.3 is 14.2 Å². The number of hydrogen-bond donors (Lipinski definition) is 0. The van der Waals surface area contributed by atoms with Crippen LogP contribution in [0.3, 0.4) is 0 Å². The molecule has 0 aliphatic carbocycles. The second-order valence-corrected chi connectivity index (χ2v) is 8.77. The van der Waals surface area contributed by atoms with E-state index in [0.717, 1.165) is 32.0 Å². The second-order valence-electron chi connectivity index (χ2n) is 8.33. The minimum Gasteiger partial charge on any atom is -0.478 e. The number of imidazole rings is 1. The molecule has 1 amide bonds. The molecule has 158 valence electrons. The maximum atomic E-state index is 13.0. The average molecular weight is 419 g/mol. The molecule has 0 saturated carbocycles. The van der Waals surface area contributed by atoms with Crippen LogP contribution in [0.5, 0.6) is 5.75 Å². The lowest BCUT2D eigenvalue weighted by atomic mass is 10.1. The maximum Gasteiger partial charge on any atom is 0.266 e. The van der Waals surface area contributed by atoms with Gasteiger partial charge >= 0.3 is 0 Å². The molecule has 1 aromatic carbocycles. The van der Waals surface area contributed by atoms with Crippen molar-refractivity contribution in [1.29, 1.82) is 0 Å². The molecule has 1 fully saturated rings. The van der Waals surface area contributed by atoms with Gasteiger partial charge in [-0.3, -0.25) is 9.69 Å². The number of hydrogen-bond acceptors (Lipinski definition) is 4. The van der Waals surface area contributed by atoms with Crippen molar-refractivity contribution in [3.63, 3.8) is 0 Å². The normalized spacial score (nSPS) is 15.7. The summed E-state index contributed by atoms with van der Waals surface area (Å²) in [5.41, 5.74) is -0.918. The highest BCUT2D eigenvalue weighted by molar-refractivity contribution is 6.30. The first-order valence-electron chi connectivity index (χ1n) is 10.2. The molecular formula is C22H31ClN4O2. The number of carbonyl (C=O) groups is 1. The topological polar surface area (TPSA) is 50.6 Å². The van der Waals surface area contributed by atoms with Crippen LogP contribution in [0.25, 0.3) is 0 Å². The number of amides is 1. The van der Waals surface area contributed by atoms with E-state index in [4.69, 9.17) is 16.3 Å². The summed E-state index contributed by atoms with van der Waals surface area (Å²) in [6.45, 7) is 13.0. The van der Waals surface area contributed by atoms with Crippen LogP contribution in [0, 0.1) is 0 Å².